The number of rotatable bonds is 11. The van der Waals surface area contributed by atoms with E-state index in [1.54, 1.807) is 0 Å². The maximum atomic E-state index is 11.4. The standard InChI is InChI=1S/C19H29NO/c1-3-4-5-6-7-8-12-15-18(16(2)19(20)21)17-13-10-9-11-14-17/h9-11,13-14,18H,2-8,12,15H2,1H3,(H2,20,21). The quantitative estimate of drug-likeness (QED) is 0.454. The molecule has 0 aromatic heterocycles. The highest BCUT2D eigenvalue weighted by Gasteiger charge is 2.18. The molecule has 0 bridgehead atoms. The molecule has 1 aromatic carbocycles. The van der Waals surface area contributed by atoms with Crippen LogP contribution in [0.3, 0.4) is 0 Å². The average Bonchev–Trinajstić information content (AvgIpc) is 2.50. The van der Waals surface area contributed by atoms with E-state index in [0.717, 1.165) is 18.4 Å². The van der Waals surface area contributed by atoms with Crippen LogP contribution in [-0.2, 0) is 4.79 Å². The molecule has 116 valence electrons. The Balaban J connectivity index is 2.44. The fourth-order valence-corrected chi connectivity index (χ4v) is 2.70. The van der Waals surface area contributed by atoms with Crippen LogP contribution in [0.1, 0.15) is 69.8 Å². The van der Waals surface area contributed by atoms with Crippen LogP contribution in [0.4, 0.5) is 0 Å². The summed E-state index contributed by atoms with van der Waals surface area (Å²) in [6, 6.07) is 10.1. The molecule has 0 aliphatic rings. The molecular formula is C19H29NO. The van der Waals surface area contributed by atoms with Gasteiger partial charge in [-0.05, 0) is 12.0 Å². The molecule has 2 nitrogen and oxygen atoms in total. The maximum Gasteiger partial charge on any atom is 0.244 e. The Hall–Kier alpha value is -1.57. The van der Waals surface area contributed by atoms with Crippen molar-refractivity contribution >= 4 is 5.91 Å². The molecule has 0 saturated heterocycles. The zero-order valence-electron chi connectivity index (χ0n) is 13.3. The summed E-state index contributed by atoms with van der Waals surface area (Å²) in [5, 5.41) is 0. The van der Waals surface area contributed by atoms with Crippen LogP contribution in [-0.4, -0.2) is 5.91 Å². The maximum absolute atomic E-state index is 11.4. The van der Waals surface area contributed by atoms with E-state index >= 15 is 0 Å². The zero-order chi connectivity index (χ0) is 15.5. The number of hydrogen-bond donors (Lipinski definition) is 1. The van der Waals surface area contributed by atoms with E-state index in [1.165, 1.54) is 38.5 Å². The van der Waals surface area contributed by atoms with E-state index in [0.29, 0.717) is 5.57 Å². The molecular weight excluding hydrogens is 258 g/mol. The Morgan fingerprint density at radius 1 is 1.05 bits per heavy atom. The second-order valence-electron chi connectivity index (χ2n) is 5.76. The van der Waals surface area contributed by atoms with Crippen molar-refractivity contribution in [3.63, 3.8) is 0 Å². The largest absolute Gasteiger partial charge is 0.366 e. The van der Waals surface area contributed by atoms with Gasteiger partial charge in [-0.3, -0.25) is 4.79 Å². The highest BCUT2D eigenvalue weighted by Crippen LogP contribution is 2.29. The second-order valence-corrected chi connectivity index (χ2v) is 5.76. The van der Waals surface area contributed by atoms with Gasteiger partial charge in [0.15, 0.2) is 0 Å². The highest BCUT2D eigenvalue weighted by atomic mass is 16.1. The van der Waals surface area contributed by atoms with Crippen molar-refractivity contribution in [2.75, 3.05) is 0 Å². The molecule has 0 spiro atoms. The van der Waals surface area contributed by atoms with Gasteiger partial charge in [0.2, 0.25) is 5.91 Å². The summed E-state index contributed by atoms with van der Waals surface area (Å²) in [7, 11) is 0. The SMILES string of the molecule is C=C(C(N)=O)C(CCCCCCCCC)c1ccccc1. The van der Waals surface area contributed by atoms with Crippen LogP contribution in [0, 0.1) is 0 Å². The van der Waals surface area contributed by atoms with Gasteiger partial charge >= 0.3 is 0 Å². The highest BCUT2D eigenvalue weighted by molar-refractivity contribution is 5.92. The molecule has 2 N–H and O–H groups in total. The minimum atomic E-state index is -0.383. The van der Waals surface area contributed by atoms with Gasteiger partial charge in [0, 0.05) is 11.5 Å². The lowest BCUT2D eigenvalue weighted by Crippen LogP contribution is -2.18. The molecule has 1 atom stereocenters. The summed E-state index contributed by atoms with van der Waals surface area (Å²) in [4.78, 5) is 11.4. The van der Waals surface area contributed by atoms with E-state index in [2.05, 4.69) is 25.6 Å². The molecule has 1 rings (SSSR count). The number of carbonyl (C=O) groups is 1. The monoisotopic (exact) mass is 287 g/mol. The van der Waals surface area contributed by atoms with Gasteiger partial charge in [-0.2, -0.15) is 0 Å². The Morgan fingerprint density at radius 3 is 2.19 bits per heavy atom. The van der Waals surface area contributed by atoms with Crippen molar-refractivity contribution in [3.05, 3.63) is 48.0 Å². The molecule has 1 amide bonds. The predicted octanol–water partition coefficient (Wildman–Crippen LogP) is 4.95. The molecule has 0 heterocycles. The summed E-state index contributed by atoms with van der Waals surface area (Å²) in [5.74, 6) is -0.314. The lowest BCUT2D eigenvalue weighted by molar-refractivity contribution is -0.114. The number of carbonyl (C=O) groups excluding carboxylic acids is 1. The molecule has 0 aliphatic carbocycles. The first-order chi connectivity index (χ1) is 10.2. The van der Waals surface area contributed by atoms with E-state index in [4.69, 9.17) is 5.73 Å². The summed E-state index contributed by atoms with van der Waals surface area (Å²) in [6.45, 7) is 6.13. The van der Waals surface area contributed by atoms with Crippen molar-refractivity contribution in [2.45, 2.75) is 64.2 Å². The van der Waals surface area contributed by atoms with Gasteiger partial charge in [0.1, 0.15) is 0 Å². The summed E-state index contributed by atoms with van der Waals surface area (Å²) in [5.41, 5.74) is 7.10. The minimum Gasteiger partial charge on any atom is -0.366 e. The Kier molecular flexibility index (Phi) is 8.49. The van der Waals surface area contributed by atoms with E-state index < -0.39 is 0 Å². The van der Waals surface area contributed by atoms with Crippen molar-refractivity contribution in [1.82, 2.24) is 0 Å². The van der Waals surface area contributed by atoms with E-state index in [-0.39, 0.29) is 11.8 Å². The molecule has 21 heavy (non-hydrogen) atoms. The van der Waals surface area contributed by atoms with Crippen molar-refractivity contribution in [3.8, 4) is 0 Å². The number of nitrogens with two attached hydrogens (primary N) is 1. The van der Waals surface area contributed by atoms with E-state index in [9.17, 15) is 4.79 Å². The topological polar surface area (TPSA) is 43.1 Å². The lowest BCUT2D eigenvalue weighted by atomic mass is 9.87. The van der Waals surface area contributed by atoms with Crippen LogP contribution in [0.5, 0.6) is 0 Å². The molecule has 0 aliphatic heterocycles. The Bertz CT molecular complexity index is 424. The summed E-state index contributed by atoms with van der Waals surface area (Å²) >= 11 is 0. The number of amides is 1. The van der Waals surface area contributed by atoms with E-state index in [1.807, 2.05) is 18.2 Å². The third kappa shape index (κ3) is 6.61. The molecule has 2 heteroatoms. The van der Waals surface area contributed by atoms with Gasteiger partial charge in [0.25, 0.3) is 0 Å². The van der Waals surface area contributed by atoms with Gasteiger partial charge in [-0.1, -0.05) is 88.8 Å². The van der Waals surface area contributed by atoms with Gasteiger partial charge in [0.05, 0.1) is 0 Å². The van der Waals surface area contributed by atoms with Gasteiger partial charge in [-0.25, -0.2) is 0 Å². The number of unbranched alkanes of at least 4 members (excludes halogenated alkanes) is 6. The summed E-state index contributed by atoms with van der Waals surface area (Å²) in [6.07, 6.45) is 9.87. The van der Waals surface area contributed by atoms with Crippen LogP contribution >= 0.6 is 0 Å². The normalized spacial score (nSPS) is 12.0. The Morgan fingerprint density at radius 2 is 1.62 bits per heavy atom. The number of primary amides is 1. The minimum absolute atomic E-state index is 0.0688. The number of benzene rings is 1. The van der Waals surface area contributed by atoms with Crippen LogP contribution < -0.4 is 5.73 Å². The van der Waals surface area contributed by atoms with Crippen molar-refractivity contribution in [2.24, 2.45) is 5.73 Å². The number of hydrogen-bond acceptors (Lipinski definition) is 1. The smallest absolute Gasteiger partial charge is 0.244 e. The predicted molar refractivity (Wildman–Crippen MR) is 90.1 cm³/mol. The molecule has 0 saturated carbocycles. The zero-order valence-corrected chi connectivity index (χ0v) is 13.3. The first kappa shape index (κ1) is 17.5. The first-order valence-corrected chi connectivity index (χ1v) is 8.20. The van der Waals surface area contributed by atoms with Crippen molar-refractivity contribution < 1.29 is 4.79 Å². The third-order valence-electron chi connectivity index (χ3n) is 4.04. The summed E-state index contributed by atoms with van der Waals surface area (Å²) < 4.78 is 0. The fraction of sp³-hybridized carbons (Fsp3) is 0.526. The van der Waals surface area contributed by atoms with Crippen molar-refractivity contribution in [1.29, 1.82) is 0 Å². The molecule has 1 unspecified atom stereocenters. The Labute approximate surface area is 129 Å². The second kappa shape index (κ2) is 10.2. The molecule has 0 radical (unpaired) electrons. The lowest BCUT2D eigenvalue weighted by Gasteiger charge is -2.18. The molecule has 1 aromatic rings. The van der Waals surface area contributed by atoms with Gasteiger partial charge in [-0.15, -0.1) is 0 Å². The third-order valence-corrected chi connectivity index (χ3v) is 4.04. The first-order valence-electron chi connectivity index (χ1n) is 8.20. The van der Waals surface area contributed by atoms with Gasteiger partial charge < -0.3 is 5.73 Å². The fourth-order valence-electron chi connectivity index (χ4n) is 2.70. The van der Waals surface area contributed by atoms with Crippen LogP contribution in [0.2, 0.25) is 0 Å². The van der Waals surface area contributed by atoms with Crippen LogP contribution in [0.15, 0.2) is 42.5 Å². The average molecular weight is 287 g/mol. The molecule has 0 fully saturated rings. The van der Waals surface area contributed by atoms with Crippen LogP contribution in [0.25, 0.3) is 0 Å².